The lowest BCUT2D eigenvalue weighted by molar-refractivity contribution is -0.606. The number of halogens is 4. The normalized spacial score (nSPS) is 13.5. The molecule has 0 aliphatic rings. The molecule has 0 fully saturated rings. The second-order valence-electron chi connectivity index (χ2n) is 6.84. The molecule has 0 spiro atoms. The van der Waals surface area contributed by atoms with Gasteiger partial charge in [-0.1, -0.05) is 0 Å². The third-order valence-corrected chi connectivity index (χ3v) is 4.51. The molecule has 1 aromatic carbocycles. The van der Waals surface area contributed by atoms with Crippen LogP contribution in [0.1, 0.15) is 40.6 Å². The van der Waals surface area contributed by atoms with Crippen molar-refractivity contribution >= 4 is 5.91 Å². The van der Waals surface area contributed by atoms with Gasteiger partial charge in [0.25, 0.3) is 5.91 Å². The SMILES string of the molecule is CC(NC(=O)c1cc(-c2ccc(F)cn2)cc(C(O)C(F)(F)F)c1)c1ccc[n+]([O-])c1. The first-order valence-corrected chi connectivity index (χ1v) is 9.06. The summed E-state index contributed by atoms with van der Waals surface area (Å²) in [5.41, 5.74) is -0.0330. The number of hydrogen-bond acceptors (Lipinski definition) is 4. The van der Waals surface area contributed by atoms with Crippen molar-refractivity contribution < 1.29 is 32.2 Å². The van der Waals surface area contributed by atoms with Crippen LogP contribution in [0, 0.1) is 11.0 Å². The van der Waals surface area contributed by atoms with Gasteiger partial charge in [-0.25, -0.2) is 4.39 Å². The van der Waals surface area contributed by atoms with Crippen molar-refractivity contribution in [3.05, 3.63) is 88.8 Å². The number of aliphatic hydroxyl groups excluding tert-OH is 1. The van der Waals surface area contributed by atoms with Gasteiger partial charge in [0.05, 0.1) is 17.9 Å². The first-order valence-electron chi connectivity index (χ1n) is 9.06. The lowest BCUT2D eigenvalue weighted by atomic mass is 9.98. The summed E-state index contributed by atoms with van der Waals surface area (Å²) < 4.78 is 52.9. The Morgan fingerprint density at radius 1 is 1.19 bits per heavy atom. The zero-order chi connectivity index (χ0) is 22.8. The van der Waals surface area contributed by atoms with Crippen molar-refractivity contribution in [1.82, 2.24) is 10.3 Å². The zero-order valence-electron chi connectivity index (χ0n) is 16.1. The number of nitrogens with zero attached hydrogens (tertiary/aromatic N) is 2. The fraction of sp³-hybridized carbons (Fsp3) is 0.190. The highest BCUT2D eigenvalue weighted by Crippen LogP contribution is 2.35. The van der Waals surface area contributed by atoms with Crippen LogP contribution in [0.25, 0.3) is 11.3 Å². The van der Waals surface area contributed by atoms with Crippen molar-refractivity contribution in [3.63, 3.8) is 0 Å². The van der Waals surface area contributed by atoms with Crippen LogP contribution in [0.15, 0.2) is 61.1 Å². The zero-order valence-corrected chi connectivity index (χ0v) is 16.1. The van der Waals surface area contributed by atoms with E-state index in [1.54, 1.807) is 13.0 Å². The van der Waals surface area contributed by atoms with Gasteiger partial charge < -0.3 is 15.6 Å². The van der Waals surface area contributed by atoms with Crippen molar-refractivity contribution in [1.29, 1.82) is 0 Å². The summed E-state index contributed by atoms with van der Waals surface area (Å²) >= 11 is 0. The fourth-order valence-electron chi connectivity index (χ4n) is 2.92. The fourth-order valence-corrected chi connectivity index (χ4v) is 2.92. The van der Waals surface area contributed by atoms with E-state index in [1.165, 1.54) is 30.6 Å². The summed E-state index contributed by atoms with van der Waals surface area (Å²) in [5.74, 6) is -1.37. The highest BCUT2D eigenvalue weighted by atomic mass is 19.4. The molecule has 2 unspecified atom stereocenters. The number of carbonyl (C=O) groups excluding carboxylic acids is 1. The summed E-state index contributed by atoms with van der Waals surface area (Å²) in [6.07, 6.45) is -4.38. The maximum atomic E-state index is 13.2. The van der Waals surface area contributed by atoms with Gasteiger partial charge in [0.15, 0.2) is 18.5 Å². The van der Waals surface area contributed by atoms with Crippen LogP contribution in [-0.4, -0.2) is 22.2 Å². The second-order valence-corrected chi connectivity index (χ2v) is 6.84. The standard InChI is InChI=1S/C21H17F4N3O3/c1-12(13-3-2-6-28(31)11-13)27-20(30)16-8-14(18-5-4-17(22)10-26-18)7-15(9-16)19(29)21(23,24)25/h2-12,19,29H,1H3,(H,27,30). The number of aromatic nitrogens is 2. The van der Waals surface area contributed by atoms with Crippen LogP contribution >= 0.6 is 0 Å². The van der Waals surface area contributed by atoms with Crippen molar-refractivity contribution in [2.24, 2.45) is 0 Å². The highest BCUT2D eigenvalue weighted by molar-refractivity contribution is 5.96. The molecule has 6 nitrogen and oxygen atoms in total. The Hall–Kier alpha value is -3.53. The molecule has 3 rings (SSSR count). The highest BCUT2D eigenvalue weighted by Gasteiger charge is 2.39. The van der Waals surface area contributed by atoms with Crippen molar-refractivity contribution in [2.75, 3.05) is 0 Å². The molecule has 1 amide bonds. The van der Waals surface area contributed by atoms with E-state index < -0.39 is 35.6 Å². The molecule has 0 radical (unpaired) electrons. The lowest BCUT2D eigenvalue weighted by Crippen LogP contribution is -2.30. The van der Waals surface area contributed by atoms with Gasteiger partial charge in [0, 0.05) is 22.8 Å². The van der Waals surface area contributed by atoms with E-state index in [-0.39, 0.29) is 16.8 Å². The van der Waals surface area contributed by atoms with E-state index >= 15 is 0 Å². The van der Waals surface area contributed by atoms with Crippen molar-refractivity contribution in [3.8, 4) is 11.3 Å². The number of nitrogens with one attached hydrogen (secondary N) is 1. The summed E-state index contributed by atoms with van der Waals surface area (Å²) in [4.78, 5) is 16.6. The summed E-state index contributed by atoms with van der Waals surface area (Å²) in [7, 11) is 0. The number of pyridine rings is 2. The van der Waals surface area contributed by atoms with Gasteiger partial charge in [-0.3, -0.25) is 9.78 Å². The maximum Gasteiger partial charge on any atom is 0.418 e. The van der Waals surface area contributed by atoms with Crippen LogP contribution in [0.4, 0.5) is 17.6 Å². The minimum absolute atomic E-state index is 0.0933. The molecular weight excluding hydrogens is 418 g/mol. The third kappa shape index (κ3) is 5.34. The maximum absolute atomic E-state index is 13.2. The first-order chi connectivity index (χ1) is 14.5. The minimum atomic E-state index is -4.96. The number of benzene rings is 1. The molecule has 0 saturated heterocycles. The predicted octanol–water partition coefficient (Wildman–Crippen LogP) is 3.61. The second kappa shape index (κ2) is 8.68. The number of alkyl halides is 3. The average Bonchev–Trinajstić information content (AvgIpc) is 2.72. The quantitative estimate of drug-likeness (QED) is 0.364. The van der Waals surface area contributed by atoms with Crippen LogP contribution in [0.5, 0.6) is 0 Å². The van der Waals surface area contributed by atoms with Gasteiger partial charge in [-0.2, -0.15) is 17.9 Å². The molecule has 2 heterocycles. The third-order valence-electron chi connectivity index (χ3n) is 4.51. The smallest absolute Gasteiger partial charge is 0.418 e. The van der Waals surface area contributed by atoms with E-state index in [2.05, 4.69) is 10.3 Å². The summed E-state index contributed by atoms with van der Waals surface area (Å²) in [5, 5.41) is 23.7. The number of rotatable bonds is 5. The van der Waals surface area contributed by atoms with Crippen LogP contribution in [-0.2, 0) is 0 Å². The molecule has 0 aliphatic carbocycles. The van der Waals surface area contributed by atoms with E-state index in [4.69, 9.17) is 0 Å². The Kier molecular flexibility index (Phi) is 6.21. The number of amides is 1. The van der Waals surface area contributed by atoms with E-state index in [9.17, 15) is 32.7 Å². The van der Waals surface area contributed by atoms with Crippen molar-refractivity contribution in [2.45, 2.75) is 25.2 Å². The molecule has 0 saturated carbocycles. The number of carbonyl (C=O) groups is 1. The molecule has 162 valence electrons. The molecule has 2 aromatic heterocycles. The number of hydrogen-bond donors (Lipinski definition) is 2. The number of aliphatic hydroxyl groups is 1. The Morgan fingerprint density at radius 2 is 1.94 bits per heavy atom. The van der Waals surface area contributed by atoms with Gasteiger partial charge in [-0.15, -0.1) is 0 Å². The predicted molar refractivity (Wildman–Crippen MR) is 102 cm³/mol. The van der Waals surface area contributed by atoms with Gasteiger partial charge in [-0.05, 0) is 48.9 Å². The topological polar surface area (TPSA) is 89.2 Å². The molecule has 0 bridgehead atoms. The molecule has 10 heteroatoms. The average molecular weight is 435 g/mol. The summed E-state index contributed by atoms with van der Waals surface area (Å²) in [6, 6.07) is 8.04. The van der Waals surface area contributed by atoms with Gasteiger partial charge >= 0.3 is 6.18 Å². The Labute approximate surface area is 174 Å². The lowest BCUT2D eigenvalue weighted by Gasteiger charge is -2.18. The van der Waals surface area contributed by atoms with Crippen LogP contribution in [0.3, 0.4) is 0 Å². The van der Waals surface area contributed by atoms with Gasteiger partial charge in [0.2, 0.25) is 0 Å². The summed E-state index contributed by atoms with van der Waals surface area (Å²) in [6.45, 7) is 1.60. The van der Waals surface area contributed by atoms with Gasteiger partial charge in [0.1, 0.15) is 5.82 Å². The molecule has 2 atom stereocenters. The molecule has 31 heavy (non-hydrogen) atoms. The molecule has 3 aromatic rings. The van der Waals surface area contributed by atoms with E-state index in [1.807, 2.05) is 0 Å². The van der Waals surface area contributed by atoms with Crippen LogP contribution in [0.2, 0.25) is 0 Å². The molecular formula is C21H17F4N3O3. The largest absolute Gasteiger partial charge is 0.619 e. The Bertz CT molecular complexity index is 1090. The molecule has 0 aliphatic heterocycles. The molecule has 2 N–H and O–H groups in total. The first kappa shape index (κ1) is 22.2. The van der Waals surface area contributed by atoms with E-state index in [0.717, 1.165) is 24.4 Å². The monoisotopic (exact) mass is 435 g/mol. The van der Waals surface area contributed by atoms with E-state index in [0.29, 0.717) is 10.3 Å². The Balaban J connectivity index is 1.98. The van der Waals surface area contributed by atoms with Crippen LogP contribution < -0.4 is 10.0 Å². The Morgan fingerprint density at radius 3 is 2.55 bits per heavy atom. The minimum Gasteiger partial charge on any atom is -0.619 e.